The van der Waals surface area contributed by atoms with Gasteiger partial charge >= 0.3 is 0 Å². The van der Waals surface area contributed by atoms with Gasteiger partial charge in [-0.1, -0.05) is 18.2 Å². The van der Waals surface area contributed by atoms with Gasteiger partial charge in [-0.3, -0.25) is 9.59 Å². The Balaban J connectivity index is 1.51. The van der Waals surface area contributed by atoms with Gasteiger partial charge in [0.1, 0.15) is 5.75 Å². The molecule has 0 saturated carbocycles. The summed E-state index contributed by atoms with van der Waals surface area (Å²) in [4.78, 5) is 28.6. The van der Waals surface area contributed by atoms with E-state index < -0.39 is 0 Å². The fraction of sp³-hybridized carbons (Fsp3) is 0.364. The molecule has 0 aliphatic carbocycles. The van der Waals surface area contributed by atoms with E-state index in [2.05, 4.69) is 0 Å². The molecule has 1 N–H and O–H groups in total. The molecular formula is C22H26N2O5. The molecule has 1 saturated heterocycles. The van der Waals surface area contributed by atoms with Crippen molar-refractivity contribution in [2.24, 2.45) is 0 Å². The largest absolute Gasteiger partial charge is 0.507 e. The molecule has 3 rings (SSSR count). The van der Waals surface area contributed by atoms with Gasteiger partial charge in [0.05, 0.1) is 19.8 Å². The van der Waals surface area contributed by atoms with Gasteiger partial charge in [-0.05, 0) is 36.2 Å². The third-order valence-corrected chi connectivity index (χ3v) is 5.13. The van der Waals surface area contributed by atoms with E-state index in [1.54, 1.807) is 42.2 Å². The highest BCUT2D eigenvalue weighted by Gasteiger charge is 2.25. The van der Waals surface area contributed by atoms with E-state index in [9.17, 15) is 14.7 Å². The lowest BCUT2D eigenvalue weighted by molar-refractivity contribution is -0.132. The molecule has 0 unspecified atom stereocenters. The number of hydrogen-bond acceptors (Lipinski definition) is 5. The van der Waals surface area contributed by atoms with Crippen molar-refractivity contribution in [3.8, 4) is 17.2 Å². The van der Waals surface area contributed by atoms with Gasteiger partial charge in [-0.15, -0.1) is 0 Å². The molecular weight excluding hydrogens is 372 g/mol. The zero-order valence-corrected chi connectivity index (χ0v) is 16.8. The van der Waals surface area contributed by atoms with Crippen LogP contribution < -0.4 is 9.47 Å². The van der Waals surface area contributed by atoms with Crippen molar-refractivity contribution >= 4 is 11.8 Å². The number of phenols is 1. The third-order valence-electron chi connectivity index (χ3n) is 5.13. The molecule has 0 bridgehead atoms. The molecule has 7 heteroatoms. The third kappa shape index (κ3) is 4.80. The predicted octanol–water partition coefficient (Wildman–Crippen LogP) is 2.33. The Bertz CT molecular complexity index is 875. The summed E-state index contributed by atoms with van der Waals surface area (Å²) in [7, 11) is 3.17. The van der Waals surface area contributed by atoms with Crippen molar-refractivity contribution in [3.63, 3.8) is 0 Å². The number of benzene rings is 2. The second-order valence-electron chi connectivity index (χ2n) is 6.88. The van der Waals surface area contributed by atoms with Crippen LogP contribution in [0.4, 0.5) is 0 Å². The van der Waals surface area contributed by atoms with Crippen LogP contribution in [0, 0.1) is 0 Å². The summed E-state index contributed by atoms with van der Waals surface area (Å²) >= 11 is 0. The van der Waals surface area contributed by atoms with Crippen LogP contribution in [0.2, 0.25) is 0 Å². The van der Waals surface area contributed by atoms with E-state index in [1.165, 1.54) is 6.07 Å². The van der Waals surface area contributed by atoms with Gasteiger partial charge in [0.15, 0.2) is 11.5 Å². The molecule has 154 valence electrons. The molecule has 29 heavy (non-hydrogen) atoms. The first-order valence-corrected chi connectivity index (χ1v) is 9.59. The topological polar surface area (TPSA) is 79.3 Å². The van der Waals surface area contributed by atoms with E-state index in [0.717, 1.165) is 5.56 Å². The number of amides is 2. The minimum Gasteiger partial charge on any atom is -0.507 e. The maximum atomic E-state index is 12.6. The Kier molecular flexibility index (Phi) is 6.59. The highest BCUT2D eigenvalue weighted by atomic mass is 16.5. The van der Waals surface area contributed by atoms with Gasteiger partial charge in [0.2, 0.25) is 5.91 Å². The lowest BCUT2D eigenvalue weighted by Crippen LogP contribution is -2.50. The molecule has 2 amide bonds. The Morgan fingerprint density at radius 1 is 0.931 bits per heavy atom. The van der Waals surface area contributed by atoms with E-state index in [1.807, 2.05) is 18.2 Å². The summed E-state index contributed by atoms with van der Waals surface area (Å²) in [5.41, 5.74) is 1.30. The fourth-order valence-corrected chi connectivity index (χ4v) is 3.43. The monoisotopic (exact) mass is 398 g/mol. The SMILES string of the molecule is COc1ccc(CCC(=O)N2CCN(C(=O)c3ccccc3O)CC2)cc1OC. The summed E-state index contributed by atoms with van der Waals surface area (Å²) in [5, 5.41) is 9.87. The number of carbonyl (C=O) groups is 2. The Morgan fingerprint density at radius 2 is 1.59 bits per heavy atom. The van der Waals surface area contributed by atoms with E-state index in [-0.39, 0.29) is 17.6 Å². The number of rotatable bonds is 6. The van der Waals surface area contributed by atoms with Crippen LogP contribution in [0.25, 0.3) is 0 Å². The molecule has 1 aliphatic rings. The lowest BCUT2D eigenvalue weighted by Gasteiger charge is -2.35. The number of ether oxygens (including phenoxy) is 2. The first kappa shape index (κ1) is 20.5. The fourth-order valence-electron chi connectivity index (χ4n) is 3.43. The smallest absolute Gasteiger partial charge is 0.257 e. The van der Waals surface area contributed by atoms with Gasteiger partial charge in [0, 0.05) is 32.6 Å². The van der Waals surface area contributed by atoms with Crippen LogP contribution in [-0.4, -0.2) is 67.1 Å². The molecule has 2 aromatic carbocycles. The highest BCUT2D eigenvalue weighted by molar-refractivity contribution is 5.97. The zero-order valence-electron chi connectivity index (χ0n) is 16.8. The Labute approximate surface area is 170 Å². The number of hydrogen-bond donors (Lipinski definition) is 1. The van der Waals surface area contributed by atoms with Crippen molar-refractivity contribution in [1.82, 2.24) is 9.80 Å². The summed E-state index contributed by atoms with van der Waals surface area (Å²) in [5.74, 6) is 1.14. The average molecular weight is 398 g/mol. The lowest BCUT2D eigenvalue weighted by atomic mass is 10.1. The average Bonchev–Trinajstić information content (AvgIpc) is 2.77. The van der Waals surface area contributed by atoms with Gasteiger partial charge < -0.3 is 24.4 Å². The number of carbonyl (C=O) groups excluding carboxylic acids is 2. The van der Waals surface area contributed by atoms with E-state index in [0.29, 0.717) is 56.1 Å². The van der Waals surface area contributed by atoms with Crippen molar-refractivity contribution in [1.29, 1.82) is 0 Å². The predicted molar refractivity (Wildman–Crippen MR) is 108 cm³/mol. The molecule has 0 aromatic heterocycles. The number of nitrogens with zero attached hydrogens (tertiary/aromatic N) is 2. The Morgan fingerprint density at radius 3 is 2.24 bits per heavy atom. The summed E-state index contributed by atoms with van der Waals surface area (Å²) in [6.07, 6.45) is 0.999. The van der Waals surface area contributed by atoms with Crippen LogP contribution in [0.15, 0.2) is 42.5 Å². The van der Waals surface area contributed by atoms with Crippen LogP contribution in [0.3, 0.4) is 0 Å². The molecule has 0 spiro atoms. The van der Waals surface area contributed by atoms with Crippen LogP contribution in [0.5, 0.6) is 17.2 Å². The van der Waals surface area contributed by atoms with E-state index >= 15 is 0 Å². The van der Waals surface area contributed by atoms with Crippen LogP contribution in [-0.2, 0) is 11.2 Å². The maximum Gasteiger partial charge on any atom is 0.257 e. The first-order chi connectivity index (χ1) is 14.0. The molecule has 1 heterocycles. The van der Waals surface area contributed by atoms with Crippen molar-refractivity contribution < 1.29 is 24.2 Å². The number of phenolic OH excluding ortho intramolecular Hbond substituents is 1. The van der Waals surface area contributed by atoms with Crippen LogP contribution >= 0.6 is 0 Å². The summed E-state index contributed by atoms with van der Waals surface area (Å²) < 4.78 is 10.5. The number of aryl methyl sites for hydroxylation is 1. The number of para-hydroxylation sites is 1. The summed E-state index contributed by atoms with van der Waals surface area (Å²) in [6, 6.07) is 12.2. The molecule has 1 fully saturated rings. The number of piperazine rings is 1. The summed E-state index contributed by atoms with van der Waals surface area (Å²) in [6.45, 7) is 1.89. The molecule has 2 aromatic rings. The van der Waals surface area contributed by atoms with Crippen molar-refractivity contribution in [3.05, 3.63) is 53.6 Å². The normalized spacial score (nSPS) is 13.9. The quantitative estimate of drug-likeness (QED) is 0.808. The minimum absolute atomic E-state index is 0.0223. The second kappa shape index (κ2) is 9.32. The van der Waals surface area contributed by atoms with Gasteiger partial charge in [-0.2, -0.15) is 0 Å². The molecule has 7 nitrogen and oxygen atoms in total. The van der Waals surface area contributed by atoms with Crippen molar-refractivity contribution in [2.75, 3.05) is 40.4 Å². The Hall–Kier alpha value is -3.22. The molecule has 0 atom stereocenters. The van der Waals surface area contributed by atoms with Crippen LogP contribution in [0.1, 0.15) is 22.3 Å². The van der Waals surface area contributed by atoms with E-state index in [4.69, 9.17) is 9.47 Å². The first-order valence-electron chi connectivity index (χ1n) is 9.59. The number of methoxy groups -OCH3 is 2. The minimum atomic E-state index is -0.208. The second-order valence-corrected chi connectivity index (χ2v) is 6.88. The maximum absolute atomic E-state index is 12.6. The van der Waals surface area contributed by atoms with Gasteiger partial charge in [0.25, 0.3) is 5.91 Å². The standard InChI is InChI=1S/C22H26N2O5/c1-28-19-9-7-16(15-20(19)29-2)8-10-21(26)23-11-13-24(14-12-23)22(27)17-5-3-4-6-18(17)25/h3-7,9,15,25H,8,10-14H2,1-2H3. The molecule has 0 radical (unpaired) electrons. The highest BCUT2D eigenvalue weighted by Crippen LogP contribution is 2.28. The number of aromatic hydroxyl groups is 1. The van der Waals surface area contributed by atoms with Crippen molar-refractivity contribution in [2.45, 2.75) is 12.8 Å². The molecule has 1 aliphatic heterocycles. The zero-order chi connectivity index (χ0) is 20.8. The van der Waals surface area contributed by atoms with Gasteiger partial charge in [-0.25, -0.2) is 0 Å².